The van der Waals surface area contributed by atoms with Gasteiger partial charge < -0.3 is 9.64 Å². The molecule has 0 fully saturated rings. The van der Waals surface area contributed by atoms with Crippen LogP contribution < -0.4 is 9.64 Å². The molecule has 0 saturated carbocycles. The predicted octanol–water partition coefficient (Wildman–Crippen LogP) is 4.65. The summed E-state index contributed by atoms with van der Waals surface area (Å²) in [7, 11) is 1.55. The van der Waals surface area contributed by atoms with Crippen LogP contribution in [0.2, 0.25) is 0 Å². The normalized spacial score (nSPS) is 15.8. The van der Waals surface area contributed by atoms with Gasteiger partial charge in [0, 0.05) is 13.1 Å². The van der Waals surface area contributed by atoms with Crippen molar-refractivity contribution in [3.05, 3.63) is 100 Å². The number of benzene rings is 3. The van der Waals surface area contributed by atoms with Gasteiger partial charge in [-0.15, -0.1) is 0 Å². The second-order valence-electron chi connectivity index (χ2n) is 8.65. The Morgan fingerprint density at radius 2 is 1.52 bits per heavy atom. The molecular formula is C28H26N2O3. The van der Waals surface area contributed by atoms with Gasteiger partial charge in [-0.05, 0) is 54.7 Å². The van der Waals surface area contributed by atoms with Crippen molar-refractivity contribution in [1.29, 1.82) is 0 Å². The average Bonchev–Trinajstić information content (AvgIpc) is 3.09. The van der Waals surface area contributed by atoms with E-state index in [4.69, 9.17) is 4.74 Å². The highest BCUT2D eigenvalue weighted by molar-refractivity contribution is 6.45. The third-order valence-electron chi connectivity index (χ3n) is 6.42. The van der Waals surface area contributed by atoms with Gasteiger partial charge in [0.15, 0.2) is 0 Å². The standard InChI is InChI=1S/C28H26N2O3/c1-18-8-11-21(12-9-18)25-26(29-15-14-20-6-4-5-7-22(20)17-29)28(32)30(27(25)31)23-16-19(2)10-13-24(23)33-3/h4-13,16H,14-15,17H2,1-3H3. The zero-order valence-corrected chi connectivity index (χ0v) is 19.1. The molecule has 5 rings (SSSR count). The van der Waals surface area contributed by atoms with Crippen LogP contribution in [0.4, 0.5) is 5.69 Å². The van der Waals surface area contributed by atoms with Gasteiger partial charge in [-0.1, -0.05) is 60.2 Å². The molecule has 2 heterocycles. The fourth-order valence-corrected chi connectivity index (χ4v) is 4.67. The third kappa shape index (κ3) is 3.59. The zero-order valence-electron chi connectivity index (χ0n) is 19.1. The largest absolute Gasteiger partial charge is 0.495 e. The van der Waals surface area contributed by atoms with Crippen LogP contribution in [-0.4, -0.2) is 30.4 Å². The van der Waals surface area contributed by atoms with E-state index in [1.54, 1.807) is 13.2 Å². The summed E-state index contributed by atoms with van der Waals surface area (Å²) in [5.74, 6) is -0.128. The highest BCUT2D eigenvalue weighted by Crippen LogP contribution is 2.40. The molecule has 5 nitrogen and oxygen atoms in total. The molecule has 3 aromatic carbocycles. The number of methoxy groups -OCH3 is 1. The van der Waals surface area contributed by atoms with Crippen LogP contribution in [0.15, 0.2) is 72.4 Å². The number of amides is 2. The summed E-state index contributed by atoms with van der Waals surface area (Å²) >= 11 is 0. The first kappa shape index (κ1) is 21.0. The number of rotatable bonds is 4. The Morgan fingerprint density at radius 3 is 2.24 bits per heavy atom. The minimum Gasteiger partial charge on any atom is -0.495 e. The van der Waals surface area contributed by atoms with Crippen molar-refractivity contribution in [2.45, 2.75) is 26.8 Å². The van der Waals surface area contributed by atoms with Crippen LogP contribution in [0.3, 0.4) is 0 Å². The van der Waals surface area contributed by atoms with E-state index in [1.807, 2.05) is 62.4 Å². The number of imide groups is 1. The van der Waals surface area contributed by atoms with Crippen LogP contribution in [0.1, 0.15) is 27.8 Å². The first-order valence-electron chi connectivity index (χ1n) is 11.1. The van der Waals surface area contributed by atoms with Crippen LogP contribution in [0, 0.1) is 13.8 Å². The highest BCUT2D eigenvalue weighted by atomic mass is 16.5. The van der Waals surface area contributed by atoms with E-state index in [-0.39, 0.29) is 11.8 Å². The molecule has 0 unspecified atom stereocenters. The number of carbonyl (C=O) groups is 2. The molecule has 166 valence electrons. The summed E-state index contributed by atoms with van der Waals surface area (Å²) in [6, 6.07) is 21.6. The van der Waals surface area contributed by atoms with Gasteiger partial charge in [-0.2, -0.15) is 0 Å². The first-order chi connectivity index (χ1) is 16.0. The molecule has 0 atom stereocenters. The van der Waals surface area contributed by atoms with Crippen molar-refractivity contribution in [3.8, 4) is 5.75 Å². The Balaban J connectivity index is 1.65. The van der Waals surface area contributed by atoms with Crippen LogP contribution in [0.25, 0.3) is 5.57 Å². The Bertz CT molecular complexity index is 1290. The fourth-order valence-electron chi connectivity index (χ4n) is 4.67. The second kappa shape index (κ2) is 8.24. The summed E-state index contributed by atoms with van der Waals surface area (Å²) in [6.07, 6.45) is 0.829. The van der Waals surface area contributed by atoms with Crippen molar-refractivity contribution >= 4 is 23.1 Å². The number of hydrogen-bond donors (Lipinski definition) is 0. The Morgan fingerprint density at radius 1 is 0.818 bits per heavy atom. The molecule has 0 N–H and O–H groups in total. The van der Waals surface area contributed by atoms with Crippen LogP contribution in [0.5, 0.6) is 5.75 Å². The molecular weight excluding hydrogens is 412 g/mol. The molecule has 0 radical (unpaired) electrons. The lowest BCUT2D eigenvalue weighted by atomic mass is 9.97. The van der Waals surface area contributed by atoms with Crippen LogP contribution in [-0.2, 0) is 22.6 Å². The highest BCUT2D eigenvalue weighted by Gasteiger charge is 2.44. The first-order valence-corrected chi connectivity index (χ1v) is 11.1. The predicted molar refractivity (Wildman–Crippen MR) is 129 cm³/mol. The Labute approximate surface area is 193 Å². The lowest BCUT2D eigenvalue weighted by molar-refractivity contribution is -0.120. The molecule has 0 aromatic heterocycles. The van der Waals surface area contributed by atoms with Crippen molar-refractivity contribution in [3.63, 3.8) is 0 Å². The number of hydrogen-bond acceptors (Lipinski definition) is 4. The number of fused-ring (bicyclic) bond motifs is 1. The third-order valence-corrected chi connectivity index (χ3v) is 6.42. The van der Waals surface area contributed by atoms with E-state index in [2.05, 4.69) is 17.0 Å². The molecule has 2 aliphatic rings. The second-order valence-corrected chi connectivity index (χ2v) is 8.65. The van der Waals surface area contributed by atoms with Gasteiger partial charge in [0.2, 0.25) is 0 Å². The Hall–Kier alpha value is -3.86. The summed E-state index contributed by atoms with van der Waals surface area (Å²) in [5, 5.41) is 0. The maximum Gasteiger partial charge on any atom is 0.282 e. The Kier molecular flexibility index (Phi) is 5.25. The van der Waals surface area contributed by atoms with E-state index in [9.17, 15) is 9.59 Å². The number of anilines is 1. The minimum atomic E-state index is -0.318. The number of aryl methyl sites for hydroxylation is 2. The molecule has 33 heavy (non-hydrogen) atoms. The number of carbonyl (C=O) groups excluding carboxylic acids is 2. The monoisotopic (exact) mass is 438 g/mol. The molecule has 0 aliphatic carbocycles. The van der Waals surface area contributed by atoms with E-state index in [1.165, 1.54) is 16.0 Å². The molecule has 3 aromatic rings. The van der Waals surface area contributed by atoms with E-state index >= 15 is 0 Å². The van der Waals surface area contributed by atoms with Gasteiger partial charge in [-0.3, -0.25) is 9.59 Å². The topological polar surface area (TPSA) is 49.9 Å². The van der Waals surface area contributed by atoms with Crippen molar-refractivity contribution < 1.29 is 14.3 Å². The summed E-state index contributed by atoms with van der Waals surface area (Å²) in [4.78, 5) is 31.1. The molecule has 0 bridgehead atoms. The SMILES string of the molecule is COc1ccc(C)cc1N1C(=O)C(c2ccc(C)cc2)=C(N2CCc3ccccc3C2)C1=O. The summed E-state index contributed by atoms with van der Waals surface area (Å²) in [5.41, 5.74) is 6.66. The minimum absolute atomic E-state index is 0.307. The molecule has 5 heteroatoms. The molecule has 2 aliphatic heterocycles. The smallest absolute Gasteiger partial charge is 0.282 e. The van der Waals surface area contributed by atoms with Gasteiger partial charge in [0.25, 0.3) is 11.8 Å². The van der Waals surface area contributed by atoms with Gasteiger partial charge in [0.1, 0.15) is 11.4 Å². The van der Waals surface area contributed by atoms with Crippen LogP contribution >= 0.6 is 0 Å². The van der Waals surface area contributed by atoms with Gasteiger partial charge in [0.05, 0.1) is 18.4 Å². The molecule has 2 amide bonds. The molecule has 0 saturated heterocycles. The van der Waals surface area contributed by atoms with E-state index in [0.29, 0.717) is 35.8 Å². The maximum atomic E-state index is 13.9. The van der Waals surface area contributed by atoms with Crippen molar-refractivity contribution in [1.82, 2.24) is 4.90 Å². The average molecular weight is 439 g/mol. The number of ether oxygens (including phenoxy) is 1. The van der Waals surface area contributed by atoms with E-state index < -0.39 is 0 Å². The van der Waals surface area contributed by atoms with Crippen molar-refractivity contribution in [2.24, 2.45) is 0 Å². The molecule has 0 spiro atoms. The van der Waals surface area contributed by atoms with Gasteiger partial charge >= 0.3 is 0 Å². The lowest BCUT2D eigenvalue weighted by Gasteiger charge is -2.31. The van der Waals surface area contributed by atoms with Gasteiger partial charge in [-0.25, -0.2) is 4.90 Å². The lowest BCUT2D eigenvalue weighted by Crippen LogP contribution is -2.37. The quantitative estimate of drug-likeness (QED) is 0.556. The maximum absolute atomic E-state index is 13.9. The fraction of sp³-hybridized carbons (Fsp3) is 0.214. The van der Waals surface area contributed by atoms with Crippen molar-refractivity contribution in [2.75, 3.05) is 18.6 Å². The zero-order chi connectivity index (χ0) is 23.1. The summed E-state index contributed by atoms with van der Waals surface area (Å²) in [6.45, 7) is 5.22. The van der Waals surface area contributed by atoms with E-state index in [0.717, 1.165) is 23.1 Å². The number of nitrogens with zero attached hydrogens (tertiary/aromatic N) is 2. The summed E-state index contributed by atoms with van der Waals surface area (Å²) < 4.78 is 5.52.